The zero-order valence-electron chi connectivity index (χ0n) is 17.0. The van der Waals surface area contributed by atoms with Gasteiger partial charge in [-0.15, -0.1) is 21.5 Å². The minimum atomic E-state index is -0.166. The van der Waals surface area contributed by atoms with E-state index >= 15 is 0 Å². The zero-order valence-corrected chi connectivity index (χ0v) is 18.6. The van der Waals surface area contributed by atoms with Gasteiger partial charge in [-0.1, -0.05) is 30.0 Å². The molecule has 0 saturated carbocycles. The number of thiophene rings is 1. The predicted molar refractivity (Wildman–Crippen MR) is 123 cm³/mol. The largest absolute Gasteiger partial charge is 0.495 e. The Bertz CT molecular complexity index is 1260. The number of benzene rings is 2. The van der Waals surface area contributed by atoms with Crippen molar-refractivity contribution in [2.45, 2.75) is 5.16 Å². The van der Waals surface area contributed by atoms with Crippen LogP contribution in [0.25, 0.3) is 16.4 Å². The third-order valence-corrected chi connectivity index (χ3v) is 6.48. The number of nitrogens with one attached hydrogen (secondary N) is 1. The summed E-state index contributed by atoms with van der Waals surface area (Å²) in [6.07, 6.45) is 0. The molecule has 1 N–H and O–H groups in total. The van der Waals surface area contributed by atoms with E-state index in [0.717, 1.165) is 10.6 Å². The number of carbonyl (C=O) groups excluding carboxylic acids is 1. The smallest absolute Gasteiger partial charge is 0.234 e. The van der Waals surface area contributed by atoms with Crippen LogP contribution in [0.15, 0.2) is 65.1 Å². The summed E-state index contributed by atoms with van der Waals surface area (Å²) in [4.78, 5) is 13.6. The van der Waals surface area contributed by atoms with Gasteiger partial charge in [0.1, 0.15) is 5.75 Å². The van der Waals surface area contributed by atoms with Crippen LogP contribution in [-0.4, -0.2) is 40.3 Å². The van der Waals surface area contributed by atoms with E-state index in [-0.39, 0.29) is 18.5 Å². The van der Waals surface area contributed by atoms with Crippen LogP contribution in [0.3, 0.4) is 0 Å². The molecule has 162 valence electrons. The number of hydrogen-bond donors (Lipinski definition) is 1. The SMILES string of the molecule is COc1ccccc1-n1c(SCC(=O)Nc2ccc3c(c2)OCO3)nnc1-c1cccs1. The molecule has 5 rings (SSSR count). The fraction of sp³-hybridized carbons (Fsp3) is 0.136. The van der Waals surface area contributed by atoms with Gasteiger partial charge in [0.15, 0.2) is 22.5 Å². The number of methoxy groups -OCH3 is 1. The normalized spacial score (nSPS) is 12.0. The van der Waals surface area contributed by atoms with Gasteiger partial charge in [0.25, 0.3) is 0 Å². The van der Waals surface area contributed by atoms with Gasteiger partial charge >= 0.3 is 0 Å². The van der Waals surface area contributed by atoms with Crippen LogP contribution in [0.1, 0.15) is 0 Å². The third kappa shape index (κ3) is 4.02. The molecule has 0 atom stereocenters. The van der Waals surface area contributed by atoms with E-state index in [2.05, 4.69) is 15.5 Å². The molecule has 1 aliphatic rings. The lowest BCUT2D eigenvalue weighted by Crippen LogP contribution is -2.14. The first-order chi connectivity index (χ1) is 15.7. The quantitative estimate of drug-likeness (QED) is 0.402. The molecule has 0 fully saturated rings. The molecular formula is C22H18N4O4S2. The van der Waals surface area contributed by atoms with Crippen LogP contribution in [0.4, 0.5) is 5.69 Å². The predicted octanol–water partition coefficient (Wildman–Crippen LogP) is 4.46. The average molecular weight is 467 g/mol. The van der Waals surface area contributed by atoms with Crippen molar-refractivity contribution < 1.29 is 19.0 Å². The summed E-state index contributed by atoms with van der Waals surface area (Å²) in [5.74, 6) is 2.67. The molecule has 1 amide bonds. The fourth-order valence-corrected chi connectivity index (χ4v) is 4.71. The van der Waals surface area contributed by atoms with Gasteiger partial charge in [-0.05, 0) is 35.7 Å². The Balaban J connectivity index is 1.38. The Kier molecular flexibility index (Phi) is 5.70. The molecule has 0 radical (unpaired) electrons. The number of nitrogens with zero attached hydrogens (tertiary/aromatic N) is 3. The number of anilines is 1. The van der Waals surface area contributed by atoms with Crippen molar-refractivity contribution in [1.29, 1.82) is 0 Å². The molecule has 8 nitrogen and oxygen atoms in total. The second-order valence-corrected chi connectivity index (χ2v) is 8.59. The summed E-state index contributed by atoms with van der Waals surface area (Å²) < 4.78 is 18.1. The maximum absolute atomic E-state index is 12.6. The lowest BCUT2D eigenvalue weighted by Gasteiger charge is -2.13. The monoisotopic (exact) mass is 466 g/mol. The first kappa shape index (κ1) is 20.4. The molecule has 1 aliphatic heterocycles. The number of aromatic nitrogens is 3. The minimum Gasteiger partial charge on any atom is -0.495 e. The molecule has 2 aromatic carbocycles. The number of thioether (sulfide) groups is 1. The lowest BCUT2D eigenvalue weighted by molar-refractivity contribution is -0.113. The van der Waals surface area contributed by atoms with E-state index in [9.17, 15) is 4.79 Å². The van der Waals surface area contributed by atoms with Crippen molar-refractivity contribution in [3.63, 3.8) is 0 Å². The summed E-state index contributed by atoms with van der Waals surface area (Å²) in [7, 11) is 1.62. The van der Waals surface area contributed by atoms with Crippen LogP contribution in [0, 0.1) is 0 Å². The van der Waals surface area contributed by atoms with Crippen molar-refractivity contribution in [3.8, 4) is 33.6 Å². The Labute approximate surface area is 192 Å². The van der Waals surface area contributed by atoms with E-state index in [1.165, 1.54) is 11.8 Å². The standard InChI is InChI=1S/C22H18N4O4S2/c1-28-16-6-3-2-5-15(16)26-21(19-7-4-10-31-19)24-25-22(26)32-12-20(27)23-14-8-9-17-18(11-14)30-13-29-17/h2-11H,12-13H2,1H3,(H,23,27). The molecule has 0 unspecified atom stereocenters. The van der Waals surface area contributed by atoms with Crippen LogP contribution < -0.4 is 19.5 Å². The van der Waals surface area contributed by atoms with E-state index in [1.54, 1.807) is 36.6 Å². The van der Waals surface area contributed by atoms with Crippen molar-refractivity contribution >= 4 is 34.7 Å². The minimum absolute atomic E-state index is 0.159. The number of carbonyl (C=O) groups is 1. The Morgan fingerprint density at radius 3 is 2.88 bits per heavy atom. The summed E-state index contributed by atoms with van der Waals surface area (Å²) in [5, 5.41) is 14.2. The molecule has 0 aliphatic carbocycles. The molecule has 0 spiro atoms. The maximum Gasteiger partial charge on any atom is 0.234 e. The Hall–Kier alpha value is -3.50. The van der Waals surface area contributed by atoms with Gasteiger partial charge in [-0.2, -0.15) is 0 Å². The first-order valence-corrected chi connectivity index (χ1v) is 11.5. The summed E-state index contributed by atoms with van der Waals surface area (Å²) in [6.45, 7) is 0.188. The van der Waals surface area contributed by atoms with Crippen LogP contribution in [0.5, 0.6) is 17.2 Å². The van der Waals surface area contributed by atoms with Crippen molar-refractivity contribution in [2.75, 3.05) is 25.0 Å². The van der Waals surface area contributed by atoms with E-state index < -0.39 is 0 Å². The summed E-state index contributed by atoms with van der Waals surface area (Å²) >= 11 is 2.88. The Morgan fingerprint density at radius 1 is 1.16 bits per heavy atom. The van der Waals surface area contributed by atoms with E-state index in [0.29, 0.717) is 33.9 Å². The van der Waals surface area contributed by atoms with Crippen LogP contribution in [-0.2, 0) is 4.79 Å². The molecular weight excluding hydrogens is 448 g/mol. The average Bonchev–Trinajstić information content (AvgIpc) is 3.57. The van der Waals surface area contributed by atoms with E-state index in [4.69, 9.17) is 14.2 Å². The second kappa shape index (κ2) is 8.93. The molecule has 4 aromatic rings. The molecule has 0 saturated heterocycles. The van der Waals surface area contributed by atoms with Gasteiger partial charge in [0.2, 0.25) is 12.7 Å². The number of fused-ring (bicyclic) bond motifs is 1. The van der Waals surface area contributed by atoms with Gasteiger partial charge in [0, 0.05) is 11.8 Å². The summed E-state index contributed by atoms with van der Waals surface area (Å²) in [6, 6.07) is 16.9. The molecule has 10 heteroatoms. The van der Waals surface area contributed by atoms with Gasteiger partial charge in [0.05, 0.1) is 23.4 Å². The fourth-order valence-electron chi connectivity index (χ4n) is 3.26. The maximum atomic E-state index is 12.6. The molecule has 3 heterocycles. The number of rotatable bonds is 7. The lowest BCUT2D eigenvalue weighted by atomic mass is 10.3. The summed E-state index contributed by atoms with van der Waals surface area (Å²) in [5.41, 5.74) is 1.45. The van der Waals surface area contributed by atoms with Crippen LogP contribution in [0.2, 0.25) is 0 Å². The number of hydrogen-bond acceptors (Lipinski definition) is 8. The first-order valence-electron chi connectivity index (χ1n) is 9.68. The van der Waals surface area contributed by atoms with Gasteiger partial charge in [-0.3, -0.25) is 9.36 Å². The van der Waals surface area contributed by atoms with Crippen molar-refractivity contribution in [2.24, 2.45) is 0 Å². The highest BCUT2D eigenvalue weighted by Crippen LogP contribution is 2.35. The number of amides is 1. The number of ether oxygens (including phenoxy) is 3. The molecule has 2 aromatic heterocycles. The number of para-hydroxylation sites is 2. The highest BCUT2D eigenvalue weighted by atomic mass is 32.2. The van der Waals surface area contributed by atoms with Gasteiger partial charge in [-0.25, -0.2) is 0 Å². The van der Waals surface area contributed by atoms with Crippen molar-refractivity contribution in [3.05, 3.63) is 60.0 Å². The van der Waals surface area contributed by atoms with E-state index in [1.807, 2.05) is 46.3 Å². The van der Waals surface area contributed by atoms with Gasteiger partial charge < -0.3 is 19.5 Å². The molecule has 32 heavy (non-hydrogen) atoms. The highest BCUT2D eigenvalue weighted by Gasteiger charge is 2.20. The van der Waals surface area contributed by atoms with Crippen LogP contribution >= 0.6 is 23.1 Å². The third-order valence-electron chi connectivity index (χ3n) is 4.69. The Morgan fingerprint density at radius 2 is 2.03 bits per heavy atom. The zero-order chi connectivity index (χ0) is 21.9. The molecule has 0 bridgehead atoms. The topological polar surface area (TPSA) is 87.5 Å². The van der Waals surface area contributed by atoms with Crippen molar-refractivity contribution in [1.82, 2.24) is 14.8 Å². The highest BCUT2D eigenvalue weighted by molar-refractivity contribution is 7.99. The second-order valence-electron chi connectivity index (χ2n) is 6.70.